The standard InChI is InChI=1S/C23H26INO3/c1-5-27-21-13-16(12-19(24)22(21)28-6-2)11-18-17-9-7-8-10-20(17)25(23(18)26)14-15(3)4/h7-13,15H,5-6,14H2,1-4H3/b18-11-. The lowest BCUT2D eigenvalue weighted by Gasteiger charge is -2.19. The number of hydrogen-bond acceptors (Lipinski definition) is 3. The zero-order valence-electron chi connectivity index (χ0n) is 16.8. The zero-order valence-corrected chi connectivity index (χ0v) is 18.9. The molecule has 148 valence electrons. The number of benzene rings is 2. The van der Waals surface area contributed by atoms with E-state index in [1.807, 2.05) is 61.2 Å². The van der Waals surface area contributed by atoms with Crippen LogP contribution in [0.15, 0.2) is 36.4 Å². The van der Waals surface area contributed by atoms with Crippen molar-refractivity contribution in [2.45, 2.75) is 27.7 Å². The maximum absolute atomic E-state index is 13.2. The van der Waals surface area contributed by atoms with Crippen molar-refractivity contribution in [3.8, 4) is 11.5 Å². The Balaban J connectivity index is 2.07. The second-order valence-electron chi connectivity index (χ2n) is 7.08. The number of hydrogen-bond donors (Lipinski definition) is 0. The van der Waals surface area contributed by atoms with Gasteiger partial charge >= 0.3 is 0 Å². The minimum atomic E-state index is 0.0525. The molecule has 0 aromatic heterocycles. The Bertz CT molecular complexity index is 905. The van der Waals surface area contributed by atoms with E-state index in [0.29, 0.717) is 31.4 Å². The van der Waals surface area contributed by atoms with Gasteiger partial charge in [-0.25, -0.2) is 0 Å². The Labute approximate surface area is 180 Å². The summed E-state index contributed by atoms with van der Waals surface area (Å²) in [7, 11) is 0. The molecule has 2 aromatic rings. The van der Waals surface area contributed by atoms with E-state index >= 15 is 0 Å². The molecule has 3 rings (SSSR count). The topological polar surface area (TPSA) is 38.8 Å². The van der Waals surface area contributed by atoms with Crippen LogP contribution in [0.3, 0.4) is 0 Å². The van der Waals surface area contributed by atoms with Gasteiger partial charge in [-0.1, -0.05) is 32.0 Å². The van der Waals surface area contributed by atoms with Crippen LogP contribution in [0, 0.1) is 9.49 Å². The van der Waals surface area contributed by atoms with Gasteiger partial charge in [0.25, 0.3) is 5.91 Å². The van der Waals surface area contributed by atoms with Gasteiger partial charge in [0, 0.05) is 17.7 Å². The van der Waals surface area contributed by atoms with Gasteiger partial charge < -0.3 is 14.4 Å². The molecule has 0 N–H and O–H groups in total. The first-order chi connectivity index (χ1) is 13.5. The number of carbonyl (C=O) groups excluding carboxylic acids is 1. The Hall–Kier alpha value is -2.02. The van der Waals surface area contributed by atoms with Crippen LogP contribution in [0.2, 0.25) is 0 Å². The van der Waals surface area contributed by atoms with E-state index in [1.54, 1.807) is 0 Å². The molecule has 2 aromatic carbocycles. The molecule has 0 aliphatic carbocycles. The number of carbonyl (C=O) groups is 1. The fourth-order valence-corrected chi connectivity index (χ4v) is 4.16. The summed E-state index contributed by atoms with van der Waals surface area (Å²) in [6.45, 7) is 10.00. The molecular formula is C23H26INO3. The second kappa shape index (κ2) is 8.99. The van der Waals surface area contributed by atoms with Crippen LogP contribution in [0.25, 0.3) is 11.6 Å². The van der Waals surface area contributed by atoms with E-state index in [2.05, 4.69) is 36.4 Å². The van der Waals surface area contributed by atoms with Crippen molar-refractivity contribution in [2.75, 3.05) is 24.7 Å². The van der Waals surface area contributed by atoms with Gasteiger partial charge in [0.2, 0.25) is 0 Å². The Morgan fingerprint density at radius 3 is 2.50 bits per heavy atom. The van der Waals surface area contributed by atoms with Gasteiger partial charge in [0.05, 0.1) is 22.5 Å². The van der Waals surface area contributed by atoms with Crippen LogP contribution in [0.1, 0.15) is 38.8 Å². The number of ether oxygens (including phenoxy) is 2. The van der Waals surface area contributed by atoms with Crippen molar-refractivity contribution in [3.05, 3.63) is 51.1 Å². The number of para-hydroxylation sites is 1. The van der Waals surface area contributed by atoms with Crippen molar-refractivity contribution < 1.29 is 14.3 Å². The number of anilines is 1. The molecule has 1 amide bonds. The van der Waals surface area contributed by atoms with Crippen molar-refractivity contribution in [2.24, 2.45) is 5.92 Å². The summed E-state index contributed by atoms with van der Waals surface area (Å²) < 4.78 is 12.5. The highest BCUT2D eigenvalue weighted by Gasteiger charge is 2.32. The lowest BCUT2D eigenvalue weighted by molar-refractivity contribution is -0.113. The SMILES string of the molecule is CCOc1cc(/C=C2\C(=O)N(CC(C)C)c3ccccc32)cc(I)c1OCC. The second-order valence-corrected chi connectivity index (χ2v) is 8.24. The normalized spacial score (nSPS) is 14.7. The smallest absolute Gasteiger partial charge is 0.259 e. The predicted octanol–water partition coefficient (Wildman–Crippen LogP) is 5.63. The van der Waals surface area contributed by atoms with Crippen LogP contribution in [-0.2, 0) is 4.79 Å². The molecule has 0 saturated heterocycles. The fourth-order valence-electron chi connectivity index (χ4n) is 3.38. The van der Waals surface area contributed by atoms with E-state index in [4.69, 9.17) is 9.47 Å². The van der Waals surface area contributed by atoms with E-state index in [-0.39, 0.29) is 5.91 Å². The van der Waals surface area contributed by atoms with E-state index in [9.17, 15) is 4.79 Å². The summed E-state index contributed by atoms with van der Waals surface area (Å²) in [6, 6.07) is 12.0. The summed E-state index contributed by atoms with van der Waals surface area (Å²) in [5.41, 5.74) is 3.62. The molecule has 28 heavy (non-hydrogen) atoms. The fraction of sp³-hybridized carbons (Fsp3) is 0.348. The maximum atomic E-state index is 13.2. The molecule has 5 heteroatoms. The summed E-state index contributed by atoms with van der Waals surface area (Å²) in [5.74, 6) is 1.91. The molecule has 1 aliphatic heterocycles. The van der Waals surface area contributed by atoms with Crippen molar-refractivity contribution in [1.29, 1.82) is 0 Å². The number of rotatable bonds is 7. The maximum Gasteiger partial charge on any atom is 0.259 e. The predicted molar refractivity (Wildman–Crippen MR) is 123 cm³/mol. The molecule has 0 spiro atoms. The molecule has 1 aliphatic rings. The summed E-state index contributed by atoms with van der Waals surface area (Å²) in [6.07, 6.45) is 1.96. The highest BCUT2D eigenvalue weighted by Crippen LogP contribution is 2.40. The monoisotopic (exact) mass is 491 g/mol. The molecular weight excluding hydrogens is 465 g/mol. The van der Waals surface area contributed by atoms with Crippen LogP contribution in [-0.4, -0.2) is 25.7 Å². The first kappa shape index (κ1) is 20.7. The first-order valence-electron chi connectivity index (χ1n) is 9.68. The van der Waals surface area contributed by atoms with Gasteiger partial charge in [0.1, 0.15) is 0 Å². The Morgan fingerprint density at radius 2 is 1.82 bits per heavy atom. The molecule has 0 unspecified atom stereocenters. The molecule has 1 heterocycles. The number of amides is 1. The molecule has 4 nitrogen and oxygen atoms in total. The van der Waals surface area contributed by atoms with Crippen molar-refractivity contribution in [3.63, 3.8) is 0 Å². The Morgan fingerprint density at radius 1 is 1.11 bits per heavy atom. The van der Waals surface area contributed by atoms with E-state index < -0.39 is 0 Å². The quantitative estimate of drug-likeness (QED) is 0.372. The Kier molecular flexibility index (Phi) is 6.65. The highest BCUT2D eigenvalue weighted by atomic mass is 127. The van der Waals surface area contributed by atoms with Crippen molar-refractivity contribution in [1.82, 2.24) is 0 Å². The lowest BCUT2D eigenvalue weighted by Crippen LogP contribution is -2.30. The number of fused-ring (bicyclic) bond motifs is 1. The summed E-state index contributed by atoms with van der Waals surface area (Å²) in [5, 5.41) is 0. The minimum Gasteiger partial charge on any atom is -0.490 e. The first-order valence-corrected chi connectivity index (χ1v) is 10.8. The zero-order chi connectivity index (χ0) is 20.3. The molecule has 0 fully saturated rings. The average Bonchev–Trinajstić information content (AvgIpc) is 2.90. The summed E-state index contributed by atoms with van der Waals surface area (Å²) in [4.78, 5) is 15.1. The number of halogens is 1. The average molecular weight is 491 g/mol. The molecule has 0 atom stereocenters. The van der Waals surface area contributed by atoms with Crippen LogP contribution in [0.5, 0.6) is 11.5 Å². The molecule has 0 saturated carbocycles. The van der Waals surface area contributed by atoms with Crippen LogP contribution >= 0.6 is 22.6 Å². The van der Waals surface area contributed by atoms with Crippen molar-refractivity contribution >= 4 is 45.8 Å². The minimum absolute atomic E-state index is 0.0525. The molecule has 0 bridgehead atoms. The van der Waals surface area contributed by atoms with Gasteiger partial charge in [0.15, 0.2) is 11.5 Å². The largest absolute Gasteiger partial charge is 0.490 e. The third kappa shape index (κ3) is 4.19. The van der Waals surface area contributed by atoms with Gasteiger partial charge in [-0.05, 0) is 72.2 Å². The van der Waals surface area contributed by atoms with Gasteiger partial charge in [-0.3, -0.25) is 4.79 Å². The van der Waals surface area contributed by atoms with Crippen LogP contribution < -0.4 is 14.4 Å². The third-order valence-corrected chi connectivity index (χ3v) is 5.24. The van der Waals surface area contributed by atoms with E-state index in [0.717, 1.165) is 31.7 Å². The lowest BCUT2D eigenvalue weighted by atomic mass is 10.0. The van der Waals surface area contributed by atoms with Gasteiger partial charge in [-0.15, -0.1) is 0 Å². The van der Waals surface area contributed by atoms with Crippen LogP contribution in [0.4, 0.5) is 5.69 Å². The highest BCUT2D eigenvalue weighted by molar-refractivity contribution is 14.1. The van der Waals surface area contributed by atoms with E-state index in [1.165, 1.54) is 0 Å². The molecule has 0 radical (unpaired) electrons. The van der Waals surface area contributed by atoms with Gasteiger partial charge in [-0.2, -0.15) is 0 Å². The third-order valence-electron chi connectivity index (χ3n) is 4.44. The summed E-state index contributed by atoms with van der Waals surface area (Å²) >= 11 is 2.26. The number of nitrogens with zero attached hydrogens (tertiary/aromatic N) is 1.